The first-order valence-electron chi connectivity index (χ1n) is 6.77. The van der Waals surface area contributed by atoms with Crippen molar-refractivity contribution in [1.29, 1.82) is 0 Å². The molecule has 112 valence electrons. The number of ether oxygens (including phenoxy) is 2. The topological polar surface area (TPSA) is 60.5 Å². The van der Waals surface area contributed by atoms with Gasteiger partial charge in [-0.2, -0.15) is 0 Å². The molecule has 2 aromatic rings. The van der Waals surface area contributed by atoms with Crippen molar-refractivity contribution in [1.82, 2.24) is 4.98 Å². The number of aromatic nitrogens is 1. The van der Waals surface area contributed by atoms with Crippen molar-refractivity contribution < 1.29 is 14.3 Å². The molecule has 21 heavy (non-hydrogen) atoms. The maximum absolute atomic E-state index is 12.4. The minimum atomic E-state index is -0.255. The third-order valence-electron chi connectivity index (χ3n) is 2.65. The van der Waals surface area contributed by atoms with Crippen molar-refractivity contribution in [2.45, 2.75) is 20.8 Å². The molecule has 0 aliphatic carbocycles. The smallest absolute Gasteiger partial charge is 0.261 e. The SMILES string of the molecule is CCOc1ccc(OCC)c(C(=O)Nc2ncc(C)s2)c1. The molecule has 0 unspecified atom stereocenters. The van der Waals surface area contributed by atoms with Gasteiger partial charge in [-0.3, -0.25) is 10.1 Å². The van der Waals surface area contributed by atoms with Crippen LogP contribution in [-0.2, 0) is 0 Å². The number of anilines is 1. The van der Waals surface area contributed by atoms with Crippen molar-refractivity contribution in [2.24, 2.45) is 0 Å². The highest BCUT2D eigenvalue weighted by molar-refractivity contribution is 7.15. The zero-order chi connectivity index (χ0) is 15.2. The van der Waals surface area contributed by atoms with E-state index in [0.717, 1.165) is 4.88 Å². The third kappa shape index (κ3) is 3.95. The molecule has 1 aromatic heterocycles. The molecular weight excluding hydrogens is 288 g/mol. The molecular formula is C15H18N2O3S. The van der Waals surface area contributed by atoms with Crippen LogP contribution in [0.5, 0.6) is 11.5 Å². The second-order valence-electron chi connectivity index (χ2n) is 4.25. The number of carbonyl (C=O) groups is 1. The third-order valence-corrected chi connectivity index (χ3v) is 3.48. The minimum Gasteiger partial charge on any atom is -0.494 e. The van der Waals surface area contributed by atoms with E-state index in [1.165, 1.54) is 11.3 Å². The standard InChI is InChI=1S/C15H18N2O3S/c1-4-19-11-6-7-13(20-5-2)12(8-11)14(18)17-15-16-9-10(3)21-15/h6-9H,4-5H2,1-3H3,(H,16,17,18). The molecule has 0 fully saturated rings. The van der Waals surface area contributed by atoms with Gasteiger partial charge >= 0.3 is 0 Å². The Morgan fingerprint density at radius 3 is 2.67 bits per heavy atom. The van der Waals surface area contributed by atoms with Gasteiger partial charge in [0.05, 0.1) is 18.8 Å². The van der Waals surface area contributed by atoms with E-state index in [9.17, 15) is 4.79 Å². The molecule has 1 aromatic carbocycles. The summed E-state index contributed by atoms with van der Waals surface area (Å²) in [5.41, 5.74) is 0.440. The fraction of sp³-hybridized carbons (Fsp3) is 0.333. The lowest BCUT2D eigenvalue weighted by molar-refractivity contribution is 0.102. The van der Waals surface area contributed by atoms with Crippen molar-refractivity contribution in [3.8, 4) is 11.5 Å². The van der Waals surface area contributed by atoms with Crippen molar-refractivity contribution in [3.05, 3.63) is 34.8 Å². The Balaban J connectivity index is 2.25. The van der Waals surface area contributed by atoms with Crippen LogP contribution in [-0.4, -0.2) is 24.1 Å². The Morgan fingerprint density at radius 2 is 2.05 bits per heavy atom. The number of amides is 1. The summed E-state index contributed by atoms with van der Waals surface area (Å²) in [6, 6.07) is 5.22. The van der Waals surface area contributed by atoms with Crippen LogP contribution in [0, 0.1) is 6.92 Å². The number of nitrogens with one attached hydrogen (secondary N) is 1. The quantitative estimate of drug-likeness (QED) is 0.887. The molecule has 6 heteroatoms. The van der Waals surface area contributed by atoms with Gasteiger partial charge in [-0.15, -0.1) is 11.3 Å². The minimum absolute atomic E-state index is 0.255. The molecule has 0 saturated heterocycles. The van der Waals surface area contributed by atoms with Crippen LogP contribution in [0.3, 0.4) is 0 Å². The summed E-state index contributed by atoms with van der Waals surface area (Å²) in [6.07, 6.45) is 1.72. The number of benzene rings is 1. The maximum Gasteiger partial charge on any atom is 0.261 e. The summed E-state index contributed by atoms with van der Waals surface area (Å²) in [5.74, 6) is 0.919. The number of aryl methyl sites for hydroxylation is 1. The molecule has 0 bridgehead atoms. The first-order valence-corrected chi connectivity index (χ1v) is 7.59. The molecule has 0 radical (unpaired) electrons. The van der Waals surface area contributed by atoms with E-state index in [1.807, 2.05) is 20.8 Å². The molecule has 1 N–H and O–H groups in total. The molecule has 0 atom stereocenters. The van der Waals surface area contributed by atoms with E-state index in [2.05, 4.69) is 10.3 Å². The van der Waals surface area contributed by atoms with Crippen LogP contribution in [0.25, 0.3) is 0 Å². The highest BCUT2D eigenvalue weighted by atomic mass is 32.1. The molecule has 5 nitrogen and oxygen atoms in total. The monoisotopic (exact) mass is 306 g/mol. The molecule has 0 saturated carbocycles. The lowest BCUT2D eigenvalue weighted by Crippen LogP contribution is -2.14. The van der Waals surface area contributed by atoms with Gasteiger partial charge < -0.3 is 9.47 Å². The Kier molecular flexibility index (Phi) is 5.16. The average Bonchev–Trinajstić information content (AvgIpc) is 2.86. The van der Waals surface area contributed by atoms with E-state index in [1.54, 1.807) is 24.4 Å². The maximum atomic E-state index is 12.4. The summed E-state index contributed by atoms with van der Waals surface area (Å²) < 4.78 is 10.9. The summed E-state index contributed by atoms with van der Waals surface area (Å²) in [4.78, 5) is 17.6. The number of rotatable bonds is 6. The molecule has 0 aliphatic heterocycles. The van der Waals surface area contributed by atoms with Gasteiger partial charge in [0.15, 0.2) is 5.13 Å². The van der Waals surface area contributed by atoms with Crippen molar-refractivity contribution >= 4 is 22.4 Å². The summed E-state index contributed by atoms with van der Waals surface area (Å²) in [7, 11) is 0. The van der Waals surface area contributed by atoms with Gasteiger partial charge in [0.1, 0.15) is 11.5 Å². The van der Waals surface area contributed by atoms with E-state index in [4.69, 9.17) is 9.47 Å². The van der Waals surface area contributed by atoms with Crippen LogP contribution in [0.4, 0.5) is 5.13 Å². The van der Waals surface area contributed by atoms with E-state index in [-0.39, 0.29) is 5.91 Å². The van der Waals surface area contributed by atoms with Crippen LogP contribution < -0.4 is 14.8 Å². The second-order valence-corrected chi connectivity index (χ2v) is 5.49. The lowest BCUT2D eigenvalue weighted by Gasteiger charge is -2.11. The van der Waals surface area contributed by atoms with Crippen LogP contribution in [0.2, 0.25) is 0 Å². The predicted octanol–water partition coefficient (Wildman–Crippen LogP) is 3.50. The van der Waals surface area contributed by atoms with E-state index >= 15 is 0 Å². The molecule has 1 heterocycles. The number of thiazole rings is 1. The summed E-state index contributed by atoms with van der Waals surface area (Å²) in [5, 5.41) is 3.35. The predicted molar refractivity (Wildman–Crippen MR) is 83.6 cm³/mol. The van der Waals surface area contributed by atoms with Crippen LogP contribution >= 0.6 is 11.3 Å². The Hall–Kier alpha value is -2.08. The Bertz CT molecular complexity index is 625. The Morgan fingerprint density at radius 1 is 1.29 bits per heavy atom. The fourth-order valence-electron chi connectivity index (χ4n) is 1.80. The molecule has 1 amide bonds. The number of carbonyl (C=O) groups excluding carboxylic acids is 1. The summed E-state index contributed by atoms with van der Waals surface area (Å²) >= 11 is 1.43. The lowest BCUT2D eigenvalue weighted by atomic mass is 10.1. The number of hydrogen-bond donors (Lipinski definition) is 1. The van der Waals surface area contributed by atoms with Gasteiger partial charge in [-0.05, 0) is 39.0 Å². The average molecular weight is 306 g/mol. The van der Waals surface area contributed by atoms with Crippen LogP contribution in [0.1, 0.15) is 29.1 Å². The van der Waals surface area contributed by atoms with Gasteiger partial charge in [-0.1, -0.05) is 0 Å². The van der Waals surface area contributed by atoms with Gasteiger partial charge in [0.25, 0.3) is 5.91 Å². The van der Waals surface area contributed by atoms with Crippen molar-refractivity contribution in [2.75, 3.05) is 18.5 Å². The van der Waals surface area contributed by atoms with E-state index < -0.39 is 0 Å². The zero-order valence-electron chi connectivity index (χ0n) is 12.3. The van der Waals surface area contributed by atoms with Gasteiger partial charge in [0.2, 0.25) is 0 Å². The van der Waals surface area contributed by atoms with E-state index in [0.29, 0.717) is 35.4 Å². The number of hydrogen-bond acceptors (Lipinski definition) is 5. The van der Waals surface area contributed by atoms with Gasteiger partial charge in [-0.25, -0.2) is 4.98 Å². The zero-order valence-corrected chi connectivity index (χ0v) is 13.1. The first kappa shape index (κ1) is 15.3. The normalized spacial score (nSPS) is 10.2. The first-order chi connectivity index (χ1) is 10.1. The van der Waals surface area contributed by atoms with Crippen LogP contribution in [0.15, 0.2) is 24.4 Å². The highest BCUT2D eigenvalue weighted by Crippen LogP contribution is 2.26. The second kappa shape index (κ2) is 7.08. The molecule has 2 rings (SSSR count). The highest BCUT2D eigenvalue weighted by Gasteiger charge is 2.15. The molecule has 0 aliphatic rings. The Labute approximate surface area is 127 Å². The largest absolute Gasteiger partial charge is 0.494 e. The fourth-order valence-corrected chi connectivity index (χ4v) is 2.46. The number of nitrogens with zero attached hydrogens (tertiary/aromatic N) is 1. The van der Waals surface area contributed by atoms with Crippen molar-refractivity contribution in [3.63, 3.8) is 0 Å². The van der Waals surface area contributed by atoms with Gasteiger partial charge in [0, 0.05) is 11.1 Å². The molecule has 0 spiro atoms. The summed E-state index contributed by atoms with van der Waals surface area (Å²) in [6.45, 7) is 6.75.